The molecule has 8 atom stereocenters. The number of hydrogen-bond donors (Lipinski definition) is 16. The Kier molecular flexibility index (Phi) is 53.4. The number of nitrogens with one attached hydrogen (secondary N) is 10. The number of carbonyl (C=O) groups excluding carboxylic acids is 11. The van der Waals surface area contributed by atoms with Gasteiger partial charge in [0, 0.05) is 82.8 Å². The zero-order valence-corrected chi connectivity index (χ0v) is 75.5. The Labute approximate surface area is 757 Å². The lowest BCUT2D eigenvalue weighted by molar-refractivity contribution is -0.155. The molecule has 722 valence electrons. The quantitative estimate of drug-likeness (QED) is 0.0218. The first-order chi connectivity index (χ1) is 62.1. The second-order valence-corrected chi connectivity index (χ2v) is 33.2. The molecule has 0 aliphatic heterocycles. The molecule has 0 bridgehead atoms. The molecule has 4 rings (SSSR count). The Morgan fingerprint density at radius 3 is 1.41 bits per heavy atom. The fraction of sp³-hybridized carbons (Fsp3) is 0.596. The van der Waals surface area contributed by atoms with Crippen LogP contribution in [0.1, 0.15) is 203 Å². The number of aromatic nitrogens is 1. The van der Waals surface area contributed by atoms with Gasteiger partial charge in [-0.05, 0) is 60.4 Å². The maximum absolute atomic E-state index is 14.7. The highest BCUT2D eigenvalue weighted by molar-refractivity contribution is 7.85. The monoisotopic (exact) mass is 1850 g/mol. The van der Waals surface area contributed by atoms with Gasteiger partial charge in [0.05, 0.1) is 59.0 Å². The lowest BCUT2D eigenvalue weighted by Gasteiger charge is -2.34. The highest BCUT2D eigenvalue weighted by atomic mass is 32.2. The lowest BCUT2D eigenvalue weighted by Crippen LogP contribution is -2.59. The van der Waals surface area contributed by atoms with Crippen molar-refractivity contribution in [2.45, 2.75) is 254 Å². The van der Waals surface area contributed by atoms with Crippen LogP contribution in [0.15, 0.2) is 85.1 Å². The Bertz CT molecular complexity index is 4370. The number of amides is 11. The van der Waals surface area contributed by atoms with Crippen molar-refractivity contribution < 1.29 is 134 Å². The molecule has 1 aromatic heterocycles. The summed E-state index contributed by atoms with van der Waals surface area (Å²) in [5, 5.41) is 72.0. The van der Waals surface area contributed by atoms with Gasteiger partial charge in [0.2, 0.25) is 65.0 Å². The van der Waals surface area contributed by atoms with E-state index in [1.54, 1.807) is 74.6 Å². The van der Waals surface area contributed by atoms with Gasteiger partial charge < -0.3 is 107 Å². The van der Waals surface area contributed by atoms with Gasteiger partial charge in [-0.3, -0.25) is 71.7 Å². The number of fused-ring (bicyclic) bond motifs is 1. The molecule has 41 heteroatoms. The molecule has 0 fully saturated rings. The van der Waals surface area contributed by atoms with Crippen molar-refractivity contribution in [2.75, 3.05) is 86.6 Å². The van der Waals surface area contributed by atoms with E-state index < -0.39 is 186 Å². The van der Waals surface area contributed by atoms with Crippen molar-refractivity contribution in [3.8, 4) is 0 Å². The van der Waals surface area contributed by atoms with Crippen LogP contribution in [0.2, 0.25) is 0 Å². The van der Waals surface area contributed by atoms with Crippen LogP contribution < -0.4 is 47.9 Å². The van der Waals surface area contributed by atoms with Gasteiger partial charge in [0.15, 0.2) is 0 Å². The van der Waals surface area contributed by atoms with E-state index in [1.807, 2.05) is 0 Å². The second kappa shape index (κ2) is 62.7. The summed E-state index contributed by atoms with van der Waals surface area (Å²) in [5.41, 5.74) is 2.14. The minimum absolute atomic E-state index is 0.00496. The normalized spacial score (nSPS) is 13.1. The number of para-hydroxylation sites is 1. The highest BCUT2D eigenvalue weighted by Crippen LogP contribution is 2.23. The van der Waals surface area contributed by atoms with Crippen LogP contribution in [0.25, 0.3) is 10.9 Å². The highest BCUT2D eigenvalue weighted by Gasteiger charge is 2.40. The molecule has 130 heavy (non-hydrogen) atoms. The van der Waals surface area contributed by atoms with Gasteiger partial charge in [-0.2, -0.15) is 8.42 Å². The van der Waals surface area contributed by atoms with Crippen molar-refractivity contribution in [2.24, 2.45) is 0 Å². The number of likely N-dealkylation sites (N-methyl/N-ethyl adjacent to an activating group) is 2. The van der Waals surface area contributed by atoms with E-state index in [0.717, 1.165) is 74.6 Å². The van der Waals surface area contributed by atoms with Gasteiger partial charge in [0.1, 0.15) is 67.3 Å². The molecular weight excluding hydrogens is 1720 g/mol. The van der Waals surface area contributed by atoms with Gasteiger partial charge >= 0.3 is 29.8 Å². The van der Waals surface area contributed by atoms with Crippen molar-refractivity contribution in [1.82, 2.24) is 62.6 Å². The van der Waals surface area contributed by atoms with E-state index in [2.05, 4.69) is 52.8 Å². The summed E-state index contributed by atoms with van der Waals surface area (Å²) >= 11 is 0. The van der Waals surface area contributed by atoms with Crippen molar-refractivity contribution in [3.05, 3.63) is 107 Å². The molecule has 11 amide bonds. The molecule has 0 spiro atoms. The average Bonchev–Trinajstić information content (AvgIpc) is 1.58. The van der Waals surface area contributed by atoms with Gasteiger partial charge in [-0.15, -0.1) is 0 Å². The lowest BCUT2D eigenvalue weighted by atomic mass is 10.0. The Balaban J connectivity index is 1.27. The summed E-state index contributed by atoms with van der Waals surface area (Å²) in [7, 11) is -2.16. The number of benzene rings is 3. The molecule has 4 aromatic rings. The largest absolute Gasteiger partial charge is 0.481 e. The van der Waals surface area contributed by atoms with E-state index in [9.17, 15) is 110 Å². The predicted octanol–water partition coefficient (Wildman–Crippen LogP) is 4.17. The maximum Gasteiger partial charge on any atom is 0.326 e. The molecule has 0 aliphatic rings. The number of unbranched alkanes of at least 4 members (excludes halogenated alkanes) is 15. The topological polar surface area (TPSA) is 596 Å². The van der Waals surface area contributed by atoms with Gasteiger partial charge in [-0.25, -0.2) is 9.59 Å². The van der Waals surface area contributed by atoms with Crippen LogP contribution in [-0.2, 0) is 131 Å². The van der Waals surface area contributed by atoms with Crippen molar-refractivity contribution >= 4 is 116 Å². The van der Waals surface area contributed by atoms with Crippen LogP contribution in [0.4, 0.5) is 0 Å². The minimum Gasteiger partial charge on any atom is -0.481 e. The molecule has 40 nitrogen and oxygen atoms in total. The molecule has 16 N–H and O–H groups in total. The predicted molar refractivity (Wildman–Crippen MR) is 474 cm³/mol. The Morgan fingerprint density at radius 2 is 0.854 bits per heavy atom. The zero-order chi connectivity index (χ0) is 95.8. The second-order valence-electron chi connectivity index (χ2n) is 31.8. The third-order valence-electron chi connectivity index (χ3n) is 21.1. The summed E-state index contributed by atoms with van der Waals surface area (Å²) in [5.74, 6) is -16.5. The van der Waals surface area contributed by atoms with Crippen molar-refractivity contribution in [1.29, 1.82) is 0 Å². The molecule has 0 radical (unpaired) electrons. The number of hydrogen-bond acceptors (Lipinski definition) is 22. The van der Waals surface area contributed by atoms with E-state index >= 15 is 0 Å². The molecular formula is C89H132N12O28S. The van der Waals surface area contributed by atoms with Crippen LogP contribution in [0, 0.1) is 0 Å². The summed E-state index contributed by atoms with van der Waals surface area (Å²) < 4.78 is 54.5. The smallest absolute Gasteiger partial charge is 0.326 e. The van der Waals surface area contributed by atoms with Crippen molar-refractivity contribution in [3.63, 3.8) is 0 Å². The first kappa shape index (κ1) is 111. The SMILES string of the molecule is CCCC[C@H](NC(=O)[C@H](Cc1ccc(CS(=O)(=O)O)cc1)NC(=O)[C@H](CC(=O)O)NC(=O)COCCOCCNC(=O)COCCOCCNC(=O)CC[C@H](NC(=O)CCCCCCCCCCCCCCCCC(=O)O)C(=O)O)C(=O)NCC(=O)N[C@@H](Cc1c[nH]c2ccccc12)C(=O)N[C@@H](CCCC)C(=O)N(C)[C@H](CC(=O)O)C(=O)N(C)[C@@H](Cc1ccccc1)C(=O)O. The zero-order valence-electron chi connectivity index (χ0n) is 74.7. The number of carbonyl (C=O) groups is 16. The first-order valence-electron chi connectivity index (χ1n) is 44.3. The minimum atomic E-state index is -4.49. The van der Waals surface area contributed by atoms with E-state index in [0.29, 0.717) is 54.1 Å². The van der Waals surface area contributed by atoms with Crippen LogP contribution >= 0.6 is 0 Å². The molecule has 1 heterocycles. The molecule has 0 aliphatic carbocycles. The van der Waals surface area contributed by atoms with Crippen LogP contribution in [0.3, 0.4) is 0 Å². The number of ether oxygens (including phenoxy) is 4. The van der Waals surface area contributed by atoms with Gasteiger partial charge in [0.25, 0.3) is 10.1 Å². The number of nitrogens with zero attached hydrogens (tertiary/aromatic N) is 2. The Hall–Kier alpha value is -11.5. The van der Waals surface area contributed by atoms with Crippen LogP contribution in [-0.4, -0.2) is 283 Å². The van der Waals surface area contributed by atoms with E-state index in [1.165, 1.54) is 57.0 Å². The number of aliphatic carboxylic acids is 5. The number of aromatic amines is 1. The number of carboxylic acids is 5. The summed E-state index contributed by atoms with van der Waals surface area (Å²) in [6.45, 7) is 1.74. The van der Waals surface area contributed by atoms with E-state index in [4.69, 9.17) is 24.1 Å². The third kappa shape index (κ3) is 46.6. The number of H-pyrrole nitrogens is 1. The summed E-state index contributed by atoms with van der Waals surface area (Å²) in [4.78, 5) is 216. The molecule has 0 saturated carbocycles. The standard InChI is InChI=1S/C89H132N12O28S/c1-5-7-31-66(82(113)93-56-76(104)95-70(52-63-55-92-65-33-27-26-30-64(63)65)84(115)98-67(32-8-6-2)86(117)100(3)72(54-81(111)112)87(118)101(4)73(89(121)122)51-60-28-22-21-23-29-60)97-83(114)69(50-61-36-38-62(39-37-61)59-130(123,124)125)99-85(116)71(53-80(109)110)96-78(106)58-129-49-47-127-45-43-91-77(105)57-128-48-46-126-44-42-90-74(102)41-40-68(88(119)120)94-75(103)34-24-19-17-15-13-11-9-10-12-14-16-18-20-25-35-79(107)108/h21-23,26-30,33,36-39,55,66-73,92H,5-20,24-25,31-32,34-35,40-54,56-59H2,1-4H3,(H,90,102)(H,91,105)(H,93,113)(H,94,103)(H,95,104)(H,96,106)(H,97,114)(H,98,115)(H,99,116)(H,107,108)(H,109,110)(H,111,112)(H,119,120)(H,121,122)(H,123,124,125)/t66-,67-,68-,69-,70-,71-,72+,73-/m0/s1. The van der Waals surface area contributed by atoms with Crippen LogP contribution in [0.5, 0.6) is 0 Å². The molecule has 3 aromatic carbocycles. The maximum atomic E-state index is 14.7. The fourth-order valence-corrected chi connectivity index (χ4v) is 14.6. The number of carboxylic acid groups (broad SMARTS) is 5. The molecule has 0 saturated heterocycles. The summed E-state index contributed by atoms with van der Waals surface area (Å²) in [6.07, 6.45) is 14.9. The Morgan fingerprint density at radius 1 is 0.385 bits per heavy atom. The number of rotatable bonds is 72. The average molecular weight is 1850 g/mol. The fourth-order valence-electron chi connectivity index (χ4n) is 14.0. The van der Waals surface area contributed by atoms with E-state index in [-0.39, 0.29) is 128 Å². The molecule has 0 unspecified atom stereocenters. The van der Waals surface area contributed by atoms with Gasteiger partial charge in [-0.1, -0.05) is 189 Å². The third-order valence-corrected chi connectivity index (χ3v) is 21.8. The first-order valence-corrected chi connectivity index (χ1v) is 45.9. The summed E-state index contributed by atoms with van der Waals surface area (Å²) in [6, 6.07) is 8.35.